The van der Waals surface area contributed by atoms with Gasteiger partial charge in [0, 0.05) is 51.2 Å². The third-order valence-electron chi connectivity index (χ3n) is 6.17. The van der Waals surface area contributed by atoms with Crippen molar-refractivity contribution in [2.24, 2.45) is 0 Å². The third kappa shape index (κ3) is 6.69. The van der Waals surface area contributed by atoms with Crippen LogP contribution in [0.5, 0.6) is 11.5 Å². The van der Waals surface area contributed by atoms with E-state index >= 15 is 0 Å². The quantitative estimate of drug-likeness (QED) is 0.574. The van der Waals surface area contributed by atoms with E-state index in [1.807, 2.05) is 50.9 Å². The van der Waals surface area contributed by atoms with Gasteiger partial charge in [0.1, 0.15) is 5.60 Å². The molecule has 2 aliphatic heterocycles. The van der Waals surface area contributed by atoms with Crippen molar-refractivity contribution in [2.75, 3.05) is 47.4 Å². The number of hydrogen-bond acceptors (Lipinski definition) is 6. The Morgan fingerprint density at radius 3 is 2.51 bits per heavy atom. The molecule has 1 saturated heterocycles. The zero-order valence-electron chi connectivity index (χ0n) is 22.1. The summed E-state index contributed by atoms with van der Waals surface area (Å²) < 4.78 is 16.4. The molecule has 0 bridgehead atoms. The van der Waals surface area contributed by atoms with Crippen LogP contribution in [0.3, 0.4) is 0 Å². The minimum Gasteiger partial charge on any atom is -0.493 e. The van der Waals surface area contributed by atoms with Gasteiger partial charge < -0.3 is 24.0 Å². The van der Waals surface area contributed by atoms with Crippen LogP contribution in [0, 0.1) is 0 Å². The van der Waals surface area contributed by atoms with E-state index in [4.69, 9.17) is 14.2 Å². The monoisotopic (exact) mass is 481 g/mol. The predicted octanol–water partition coefficient (Wildman–Crippen LogP) is 4.93. The van der Waals surface area contributed by atoms with Crippen LogP contribution in [0.15, 0.2) is 60.5 Å². The lowest BCUT2D eigenvalue weighted by atomic mass is 9.98. The Kier molecular flexibility index (Phi) is 8.33. The van der Waals surface area contributed by atoms with Crippen LogP contribution in [-0.4, -0.2) is 79.9 Å². The standard InChI is InChI=1S/C28H39N3O4/c1-20-18-31(27(32)35-28(3,4)5)15-14-30(20)13-9-10-22-16-24(19-29(6)21(22)2)23-11-12-25(33-7)26(17-23)34-8/h9-12,16-17,19-20H,2,13-15,18H2,1,3-8H3/t20-/m1/s1. The fourth-order valence-corrected chi connectivity index (χ4v) is 4.17. The van der Waals surface area contributed by atoms with Crippen LogP contribution in [0.25, 0.3) is 5.57 Å². The summed E-state index contributed by atoms with van der Waals surface area (Å²) in [6.45, 7) is 15.0. The van der Waals surface area contributed by atoms with Crippen molar-refractivity contribution >= 4 is 11.7 Å². The van der Waals surface area contributed by atoms with Crippen LogP contribution < -0.4 is 9.47 Å². The van der Waals surface area contributed by atoms with Gasteiger partial charge in [-0.2, -0.15) is 0 Å². The summed E-state index contributed by atoms with van der Waals surface area (Å²) in [5.74, 6) is 1.40. The Morgan fingerprint density at radius 2 is 1.89 bits per heavy atom. The molecule has 0 saturated carbocycles. The van der Waals surface area contributed by atoms with E-state index in [1.165, 1.54) is 0 Å². The number of nitrogens with zero attached hydrogens (tertiary/aromatic N) is 3. The fourth-order valence-electron chi connectivity index (χ4n) is 4.17. The van der Waals surface area contributed by atoms with Crippen molar-refractivity contribution in [3.63, 3.8) is 0 Å². The SMILES string of the molecule is C=C1C(C=CCN2CCN(C(=O)OC(C)(C)C)C[C@H]2C)=CC(c2ccc(OC)c(OC)c2)=CN1C. The van der Waals surface area contributed by atoms with Gasteiger partial charge in [0.15, 0.2) is 11.5 Å². The maximum absolute atomic E-state index is 12.4. The largest absolute Gasteiger partial charge is 0.493 e. The molecule has 3 rings (SSSR count). The lowest BCUT2D eigenvalue weighted by Crippen LogP contribution is -2.54. The number of hydrogen-bond donors (Lipinski definition) is 0. The summed E-state index contributed by atoms with van der Waals surface area (Å²) in [7, 11) is 5.28. The normalized spacial score (nSPS) is 19.5. The molecule has 0 spiro atoms. The number of ether oxygens (including phenoxy) is 3. The smallest absolute Gasteiger partial charge is 0.410 e. The average Bonchev–Trinajstić information content (AvgIpc) is 2.80. The molecular formula is C28H39N3O4. The van der Waals surface area contributed by atoms with E-state index in [9.17, 15) is 4.79 Å². The second-order valence-corrected chi connectivity index (χ2v) is 9.98. The molecule has 0 aromatic heterocycles. The van der Waals surface area contributed by atoms with Crippen molar-refractivity contribution in [1.82, 2.24) is 14.7 Å². The highest BCUT2D eigenvalue weighted by atomic mass is 16.6. The first kappa shape index (κ1) is 26.4. The predicted molar refractivity (Wildman–Crippen MR) is 140 cm³/mol. The van der Waals surface area contributed by atoms with Crippen LogP contribution in [-0.2, 0) is 4.74 Å². The minimum atomic E-state index is -0.478. The first-order valence-corrected chi connectivity index (χ1v) is 12.0. The van der Waals surface area contributed by atoms with E-state index in [0.29, 0.717) is 24.6 Å². The van der Waals surface area contributed by atoms with Crippen molar-refractivity contribution in [2.45, 2.75) is 39.3 Å². The van der Waals surface area contributed by atoms with Gasteiger partial charge in [-0.25, -0.2) is 4.79 Å². The Labute approximate surface area is 209 Å². The van der Waals surface area contributed by atoms with Crippen LogP contribution >= 0.6 is 0 Å². The Hall–Kier alpha value is -3.19. The van der Waals surface area contributed by atoms with E-state index in [2.05, 4.69) is 42.8 Å². The topological polar surface area (TPSA) is 54.5 Å². The molecule has 2 heterocycles. The van der Waals surface area contributed by atoms with E-state index in [1.54, 1.807) is 19.1 Å². The number of likely N-dealkylation sites (N-methyl/N-ethyl adjacent to an activating group) is 1. The number of allylic oxidation sites excluding steroid dienone is 3. The summed E-state index contributed by atoms with van der Waals surface area (Å²) >= 11 is 0. The highest BCUT2D eigenvalue weighted by molar-refractivity contribution is 5.79. The summed E-state index contributed by atoms with van der Waals surface area (Å²) in [5, 5.41) is 0. The number of benzene rings is 1. The van der Waals surface area contributed by atoms with Gasteiger partial charge in [-0.3, -0.25) is 4.90 Å². The van der Waals surface area contributed by atoms with Gasteiger partial charge in [-0.1, -0.05) is 24.8 Å². The highest BCUT2D eigenvalue weighted by Crippen LogP contribution is 2.34. The Morgan fingerprint density at radius 1 is 1.17 bits per heavy atom. The third-order valence-corrected chi connectivity index (χ3v) is 6.17. The number of carbonyl (C=O) groups is 1. The molecule has 7 heteroatoms. The van der Waals surface area contributed by atoms with Gasteiger partial charge in [-0.15, -0.1) is 0 Å². The molecule has 1 fully saturated rings. The van der Waals surface area contributed by atoms with Crippen LogP contribution in [0.2, 0.25) is 0 Å². The second kappa shape index (κ2) is 11.0. The molecule has 35 heavy (non-hydrogen) atoms. The van der Waals surface area contributed by atoms with Gasteiger partial charge in [0.05, 0.1) is 14.2 Å². The Balaban J connectivity index is 1.66. The molecule has 1 aromatic carbocycles. The first-order chi connectivity index (χ1) is 16.5. The molecular weight excluding hydrogens is 442 g/mol. The molecule has 0 N–H and O–H groups in total. The van der Waals surface area contributed by atoms with Crippen molar-refractivity contribution < 1.29 is 19.0 Å². The van der Waals surface area contributed by atoms with Crippen LogP contribution in [0.1, 0.15) is 33.3 Å². The summed E-state index contributed by atoms with van der Waals surface area (Å²) in [4.78, 5) is 18.6. The summed E-state index contributed by atoms with van der Waals surface area (Å²) in [6.07, 6.45) is 8.27. The summed E-state index contributed by atoms with van der Waals surface area (Å²) in [5.41, 5.74) is 3.63. The number of piperazine rings is 1. The lowest BCUT2D eigenvalue weighted by Gasteiger charge is -2.39. The number of methoxy groups -OCH3 is 2. The van der Waals surface area contributed by atoms with Gasteiger partial charge in [0.2, 0.25) is 0 Å². The molecule has 2 aliphatic rings. The lowest BCUT2D eigenvalue weighted by molar-refractivity contribution is 0.00742. The van der Waals surface area contributed by atoms with Crippen molar-refractivity contribution in [3.8, 4) is 11.5 Å². The molecule has 0 radical (unpaired) electrons. The van der Waals surface area contributed by atoms with Crippen molar-refractivity contribution in [3.05, 3.63) is 66.0 Å². The molecule has 0 aliphatic carbocycles. The van der Waals surface area contributed by atoms with Gasteiger partial charge >= 0.3 is 6.09 Å². The molecule has 1 aromatic rings. The van der Waals surface area contributed by atoms with E-state index < -0.39 is 5.60 Å². The molecule has 7 nitrogen and oxygen atoms in total. The zero-order valence-corrected chi connectivity index (χ0v) is 22.1. The van der Waals surface area contributed by atoms with Crippen molar-refractivity contribution in [1.29, 1.82) is 0 Å². The highest BCUT2D eigenvalue weighted by Gasteiger charge is 2.29. The Bertz CT molecular complexity index is 1040. The van der Waals surface area contributed by atoms with Gasteiger partial charge in [0.25, 0.3) is 0 Å². The first-order valence-electron chi connectivity index (χ1n) is 12.0. The minimum absolute atomic E-state index is 0.235. The van der Waals surface area contributed by atoms with Crippen LogP contribution in [0.4, 0.5) is 4.79 Å². The second-order valence-electron chi connectivity index (χ2n) is 9.98. The molecule has 190 valence electrons. The van der Waals surface area contributed by atoms with E-state index in [-0.39, 0.29) is 12.1 Å². The summed E-state index contributed by atoms with van der Waals surface area (Å²) in [6, 6.07) is 6.17. The average molecular weight is 482 g/mol. The molecule has 1 atom stereocenters. The van der Waals surface area contributed by atoms with Gasteiger partial charge in [-0.05, 0) is 62.6 Å². The maximum atomic E-state index is 12.4. The maximum Gasteiger partial charge on any atom is 0.410 e. The number of rotatable bonds is 6. The van der Waals surface area contributed by atoms with E-state index in [0.717, 1.165) is 35.5 Å². The number of amides is 1. The molecule has 0 unspecified atom stereocenters. The fraction of sp³-hybridized carbons (Fsp3) is 0.464. The molecule has 1 amide bonds. The number of carbonyl (C=O) groups excluding carboxylic acids is 1. The zero-order chi connectivity index (χ0) is 25.8.